The van der Waals surface area contributed by atoms with Crippen LogP contribution in [0.1, 0.15) is 13.8 Å². The van der Waals surface area contributed by atoms with Gasteiger partial charge in [-0.25, -0.2) is 9.97 Å². The van der Waals surface area contributed by atoms with Crippen molar-refractivity contribution in [1.82, 2.24) is 15.0 Å². The summed E-state index contributed by atoms with van der Waals surface area (Å²) in [6.45, 7) is 6.09. The van der Waals surface area contributed by atoms with Crippen LogP contribution in [0.15, 0.2) is 60.9 Å². The van der Waals surface area contributed by atoms with Gasteiger partial charge in [-0.05, 0) is 26.0 Å². The van der Waals surface area contributed by atoms with Gasteiger partial charge in [0.2, 0.25) is 0 Å². The average molecular weight is 304 g/mol. The van der Waals surface area contributed by atoms with Gasteiger partial charge in [0.1, 0.15) is 5.82 Å². The van der Waals surface area contributed by atoms with Gasteiger partial charge in [0, 0.05) is 42.7 Å². The Hall–Kier alpha value is -2.75. The molecule has 0 saturated heterocycles. The number of anilines is 1. The first kappa shape index (κ1) is 15.2. The molecule has 0 fully saturated rings. The molecule has 0 spiro atoms. The van der Waals surface area contributed by atoms with E-state index in [-0.39, 0.29) is 0 Å². The predicted molar refractivity (Wildman–Crippen MR) is 94.3 cm³/mol. The molecule has 2 heterocycles. The molecular formula is C19H20N4. The second kappa shape index (κ2) is 7.01. The Morgan fingerprint density at radius 3 is 2.26 bits per heavy atom. The van der Waals surface area contributed by atoms with Gasteiger partial charge < -0.3 is 4.90 Å². The number of aromatic nitrogens is 3. The largest absolute Gasteiger partial charge is 0.357 e. The van der Waals surface area contributed by atoms with Gasteiger partial charge in [-0.1, -0.05) is 30.3 Å². The molecule has 0 bridgehead atoms. The summed E-state index contributed by atoms with van der Waals surface area (Å²) in [5.74, 6) is 1.66. The number of pyridine rings is 1. The molecule has 3 aromatic rings. The van der Waals surface area contributed by atoms with Crippen molar-refractivity contribution in [3.05, 3.63) is 60.9 Å². The molecule has 0 amide bonds. The third-order valence-electron chi connectivity index (χ3n) is 3.79. The molecule has 0 aliphatic heterocycles. The lowest BCUT2D eigenvalue weighted by atomic mass is 10.1. The van der Waals surface area contributed by atoms with Crippen LogP contribution in [0.5, 0.6) is 0 Å². The van der Waals surface area contributed by atoms with Crippen molar-refractivity contribution in [3.63, 3.8) is 0 Å². The monoisotopic (exact) mass is 304 g/mol. The standard InChI is InChI=1S/C19H20N4/c1-3-23(4-2)18-13-17(15-9-6-5-7-10-15)21-19(22-18)16-11-8-12-20-14-16/h5-14H,3-4H2,1-2H3. The molecule has 3 rings (SSSR count). The van der Waals surface area contributed by atoms with E-state index in [0.717, 1.165) is 35.7 Å². The van der Waals surface area contributed by atoms with E-state index in [0.29, 0.717) is 5.82 Å². The van der Waals surface area contributed by atoms with Crippen LogP contribution in [-0.2, 0) is 0 Å². The zero-order chi connectivity index (χ0) is 16.1. The van der Waals surface area contributed by atoms with Crippen LogP contribution in [0.25, 0.3) is 22.6 Å². The van der Waals surface area contributed by atoms with E-state index in [1.807, 2.05) is 30.3 Å². The van der Waals surface area contributed by atoms with Gasteiger partial charge in [0.15, 0.2) is 5.82 Å². The van der Waals surface area contributed by atoms with Crippen LogP contribution in [-0.4, -0.2) is 28.0 Å². The Bertz CT molecular complexity index is 695. The second-order valence-corrected chi connectivity index (χ2v) is 5.22. The van der Waals surface area contributed by atoms with Gasteiger partial charge >= 0.3 is 0 Å². The molecule has 0 radical (unpaired) electrons. The lowest BCUT2D eigenvalue weighted by Crippen LogP contribution is -2.23. The van der Waals surface area contributed by atoms with E-state index in [2.05, 4.69) is 41.9 Å². The SMILES string of the molecule is CCN(CC)c1cc(-c2ccccc2)nc(-c2cccnc2)n1. The van der Waals surface area contributed by atoms with Gasteiger partial charge in [0.25, 0.3) is 0 Å². The van der Waals surface area contributed by atoms with Gasteiger partial charge in [0.05, 0.1) is 5.69 Å². The molecule has 0 unspecified atom stereocenters. The van der Waals surface area contributed by atoms with Crippen LogP contribution in [0.2, 0.25) is 0 Å². The van der Waals surface area contributed by atoms with Crippen molar-refractivity contribution in [2.75, 3.05) is 18.0 Å². The quantitative estimate of drug-likeness (QED) is 0.713. The first-order chi connectivity index (χ1) is 11.3. The Morgan fingerprint density at radius 2 is 1.61 bits per heavy atom. The summed E-state index contributed by atoms with van der Waals surface area (Å²) in [7, 11) is 0. The Kier molecular flexibility index (Phi) is 4.62. The van der Waals surface area contributed by atoms with Crippen molar-refractivity contribution in [3.8, 4) is 22.6 Å². The van der Waals surface area contributed by atoms with Crippen molar-refractivity contribution in [1.29, 1.82) is 0 Å². The highest BCUT2D eigenvalue weighted by atomic mass is 15.2. The van der Waals surface area contributed by atoms with Crippen molar-refractivity contribution < 1.29 is 0 Å². The highest BCUT2D eigenvalue weighted by Crippen LogP contribution is 2.25. The molecule has 4 nitrogen and oxygen atoms in total. The minimum absolute atomic E-state index is 0.710. The minimum atomic E-state index is 0.710. The van der Waals surface area contributed by atoms with E-state index in [1.54, 1.807) is 12.4 Å². The highest BCUT2D eigenvalue weighted by molar-refractivity contribution is 5.67. The van der Waals surface area contributed by atoms with E-state index in [4.69, 9.17) is 9.97 Å². The molecule has 2 aromatic heterocycles. The first-order valence-electron chi connectivity index (χ1n) is 7.91. The van der Waals surface area contributed by atoms with Gasteiger partial charge in [-0.3, -0.25) is 4.98 Å². The van der Waals surface area contributed by atoms with Crippen molar-refractivity contribution >= 4 is 5.82 Å². The summed E-state index contributed by atoms with van der Waals surface area (Å²) in [4.78, 5) is 15.9. The Morgan fingerprint density at radius 1 is 0.870 bits per heavy atom. The maximum Gasteiger partial charge on any atom is 0.163 e. The van der Waals surface area contributed by atoms with Gasteiger partial charge in [-0.15, -0.1) is 0 Å². The average Bonchev–Trinajstić information content (AvgIpc) is 2.64. The number of hydrogen-bond acceptors (Lipinski definition) is 4. The smallest absolute Gasteiger partial charge is 0.163 e. The zero-order valence-corrected chi connectivity index (χ0v) is 13.5. The summed E-state index contributed by atoms with van der Waals surface area (Å²) in [5, 5.41) is 0. The van der Waals surface area contributed by atoms with Crippen LogP contribution < -0.4 is 4.90 Å². The predicted octanol–water partition coefficient (Wildman–Crippen LogP) is 4.05. The van der Waals surface area contributed by atoms with Crippen molar-refractivity contribution in [2.24, 2.45) is 0 Å². The van der Waals surface area contributed by atoms with E-state index in [1.165, 1.54) is 0 Å². The zero-order valence-electron chi connectivity index (χ0n) is 13.5. The molecule has 0 N–H and O–H groups in total. The molecule has 0 saturated carbocycles. The van der Waals surface area contributed by atoms with Crippen LogP contribution in [0.3, 0.4) is 0 Å². The number of hydrogen-bond donors (Lipinski definition) is 0. The third kappa shape index (κ3) is 3.37. The number of nitrogens with zero attached hydrogens (tertiary/aromatic N) is 4. The molecule has 1 aromatic carbocycles. The molecule has 23 heavy (non-hydrogen) atoms. The molecule has 0 aliphatic rings. The number of benzene rings is 1. The summed E-state index contributed by atoms with van der Waals surface area (Å²) in [5.41, 5.74) is 2.95. The third-order valence-corrected chi connectivity index (χ3v) is 3.79. The minimum Gasteiger partial charge on any atom is -0.357 e. The molecule has 0 atom stereocenters. The van der Waals surface area contributed by atoms with E-state index in [9.17, 15) is 0 Å². The second-order valence-electron chi connectivity index (χ2n) is 5.22. The van der Waals surface area contributed by atoms with Crippen LogP contribution in [0, 0.1) is 0 Å². The van der Waals surface area contributed by atoms with Crippen molar-refractivity contribution in [2.45, 2.75) is 13.8 Å². The summed E-state index contributed by atoms with van der Waals surface area (Å²) in [6.07, 6.45) is 3.56. The molecule has 116 valence electrons. The highest BCUT2D eigenvalue weighted by Gasteiger charge is 2.12. The molecule has 4 heteroatoms. The maximum absolute atomic E-state index is 4.75. The molecule has 0 aliphatic carbocycles. The maximum atomic E-state index is 4.75. The normalized spacial score (nSPS) is 10.5. The summed E-state index contributed by atoms with van der Waals surface area (Å²) >= 11 is 0. The Balaban J connectivity index is 2.15. The lowest BCUT2D eigenvalue weighted by molar-refractivity contribution is 0.843. The fraction of sp³-hybridized carbons (Fsp3) is 0.211. The lowest BCUT2D eigenvalue weighted by Gasteiger charge is -2.21. The van der Waals surface area contributed by atoms with Crippen LogP contribution in [0.4, 0.5) is 5.82 Å². The number of rotatable bonds is 5. The fourth-order valence-electron chi connectivity index (χ4n) is 2.52. The van der Waals surface area contributed by atoms with Gasteiger partial charge in [-0.2, -0.15) is 0 Å². The fourth-order valence-corrected chi connectivity index (χ4v) is 2.52. The van der Waals surface area contributed by atoms with E-state index >= 15 is 0 Å². The summed E-state index contributed by atoms with van der Waals surface area (Å²) in [6, 6.07) is 16.2. The van der Waals surface area contributed by atoms with E-state index < -0.39 is 0 Å². The first-order valence-corrected chi connectivity index (χ1v) is 7.91. The van der Waals surface area contributed by atoms with Crippen LogP contribution >= 0.6 is 0 Å². The summed E-state index contributed by atoms with van der Waals surface area (Å²) < 4.78 is 0. The Labute approximate surface area is 136 Å². The molecular weight excluding hydrogens is 284 g/mol. The topological polar surface area (TPSA) is 41.9 Å².